The molecule has 0 atom stereocenters. The lowest BCUT2D eigenvalue weighted by Crippen LogP contribution is -2.42. The van der Waals surface area contributed by atoms with Crippen molar-refractivity contribution in [3.63, 3.8) is 0 Å². The van der Waals surface area contributed by atoms with Crippen molar-refractivity contribution >= 4 is 30.0 Å². The molecule has 1 aliphatic carbocycles. The van der Waals surface area contributed by atoms with E-state index in [1.807, 2.05) is 30.3 Å². The van der Waals surface area contributed by atoms with E-state index in [4.69, 9.17) is 0 Å². The number of hydrazone groups is 1. The van der Waals surface area contributed by atoms with Gasteiger partial charge in [0.15, 0.2) is 6.29 Å². The fourth-order valence-corrected chi connectivity index (χ4v) is 3.97. The molecule has 0 heterocycles. The molecule has 1 saturated carbocycles. The molecule has 2 amide bonds. The lowest BCUT2D eigenvalue weighted by atomic mass is 9.84. The predicted molar refractivity (Wildman–Crippen MR) is 118 cm³/mol. The number of carbonyl (C=O) groups is 3. The Morgan fingerprint density at radius 3 is 2.23 bits per heavy atom. The average Bonchev–Trinajstić information content (AvgIpc) is 2.81. The second kappa shape index (κ2) is 9.96. The average molecular weight is 405 g/mol. The minimum atomic E-state index is -0.158. The van der Waals surface area contributed by atoms with Crippen LogP contribution in [0.15, 0.2) is 59.7 Å². The number of rotatable bonds is 6. The maximum atomic E-state index is 13.1. The van der Waals surface area contributed by atoms with E-state index in [1.165, 1.54) is 5.01 Å². The molecule has 6 nitrogen and oxygen atoms in total. The van der Waals surface area contributed by atoms with Gasteiger partial charge in [0.25, 0.3) is 5.91 Å². The van der Waals surface area contributed by atoms with E-state index in [0.717, 1.165) is 18.5 Å². The zero-order valence-electron chi connectivity index (χ0n) is 17.4. The first kappa shape index (κ1) is 21.4. The van der Waals surface area contributed by atoms with E-state index in [0.29, 0.717) is 30.3 Å². The first-order valence-electron chi connectivity index (χ1n) is 10.3. The molecule has 2 aromatic rings. The standard InChI is InChI=1S/C24H27N3O3/c1-3-25-27(21-10-5-4-6-11-21)23(29)18-13-15-20(16-14-18)26(2)24(30)22-12-8-7-9-19(22)17-28/h3-12,17-18,20H,13-16H2,1-2H3/b25-3+. The third kappa shape index (κ3) is 4.64. The molecule has 0 bridgehead atoms. The minimum Gasteiger partial charge on any atom is -0.339 e. The summed E-state index contributed by atoms with van der Waals surface area (Å²) in [7, 11) is 1.77. The number of carbonyl (C=O) groups excluding carboxylic acids is 3. The number of aldehydes is 1. The topological polar surface area (TPSA) is 70.1 Å². The Bertz CT molecular complexity index is 918. The zero-order valence-corrected chi connectivity index (χ0v) is 17.4. The summed E-state index contributed by atoms with van der Waals surface area (Å²) in [5.41, 5.74) is 1.57. The summed E-state index contributed by atoms with van der Waals surface area (Å²) in [4.78, 5) is 39.0. The van der Waals surface area contributed by atoms with Gasteiger partial charge >= 0.3 is 0 Å². The molecule has 0 unspecified atom stereocenters. The number of hydrogen-bond acceptors (Lipinski definition) is 4. The summed E-state index contributed by atoms with van der Waals surface area (Å²) in [6.07, 6.45) is 5.19. The van der Waals surface area contributed by atoms with Crippen molar-refractivity contribution < 1.29 is 14.4 Å². The highest BCUT2D eigenvalue weighted by atomic mass is 16.2. The van der Waals surface area contributed by atoms with Gasteiger partial charge in [0, 0.05) is 30.8 Å². The normalized spacial score (nSPS) is 18.7. The third-order valence-corrected chi connectivity index (χ3v) is 5.67. The number of anilines is 1. The molecule has 1 fully saturated rings. The van der Waals surface area contributed by atoms with Crippen molar-refractivity contribution in [1.29, 1.82) is 0 Å². The van der Waals surface area contributed by atoms with Crippen LogP contribution in [0.5, 0.6) is 0 Å². The lowest BCUT2D eigenvalue weighted by molar-refractivity contribution is -0.123. The van der Waals surface area contributed by atoms with Crippen molar-refractivity contribution in [1.82, 2.24) is 4.90 Å². The first-order valence-corrected chi connectivity index (χ1v) is 10.3. The summed E-state index contributed by atoms with van der Waals surface area (Å²) < 4.78 is 0. The van der Waals surface area contributed by atoms with Gasteiger partial charge < -0.3 is 4.90 Å². The number of amides is 2. The molecule has 3 rings (SSSR count). The van der Waals surface area contributed by atoms with Crippen LogP contribution in [-0.2, 0) is 4.79 Å². The highest BCUT2D eigenvalue weighted by Crippen LogP contribution is 2.31. The minimum absolute atomic E-state index is 0.0157. The van der Waals surface area contributed by atoms with Crippen LogP contribution in [0.4, 0.5) is 5.69 Å². The van der Waals surface area contributed by atoms with E-state index in [2.05, 4.69) is 5.10 Å². The van der Waals surface area contributed by atoms with E-state index >= 15 is 0 Å². The molecular weight excluding hydrogens is 378 g/mol. The monoisotopic (exact) mass is 405 g/mol. The summed E-state index contributed by atoms with van der Waals surface area (Å²) >= 11 is 0. The van der Waals surface area contributed by atoms with Crippen molar-refractivity contribution in [3.8, 4) is 0 Å². The summed E-state index contributed by atoms with van der Waals surface area (Å²) in [6.45, 7) is 1.79. The molecule has 156 valence electrons. The van der Waals surface area contributed by atoms with Crippen molar-refractivity contribution in [3.05, 3.63) is 65.7 Å². The molecule has 0 spiro atoms. The van der Waals surface area contributed by atoms with Gasteiger partial charge in [-0.05, 0) is 50.8 Å². The van der Waals surface area contributed by atoms with Gasteiger partial charge in [0.1, 0.15) is 0 Å². The van der Waals surface area contributed by atoms with Crippen LogP contribution in [0.2, 0.25) is 0 Å². The number of benzene rings is 2. The van der Waals surface area contributed by atoms with Gasteiger partial charge in [-0.15, -0.1) is 0 Å². The maximum Gasteiger partial charge on any atom is 0.254 e. The molecule has 0 radical (unpaired) electrons. The van der Waals surface area contributed by atoms with Crippen LogP contribution < -0.4 is 5.01 Å². The molecule has 0 saturated heterocycles. The highest BCUT2D eigenvalue weighted by molar-refractivity contribution is 6.01. The Morgan fingerprint density at radius 1 is 0.967 bits per heavy atom. The number of nitrogens with zero attached hydrogens (tertiary/aromatic N) is 3. The van der Waals surface area contributed by atoms with Crippen LogP contribution in [0, 0.1) is 5.92 Å². The SMILES string of the molecule is C/C=N/N(C(=O)C1CCC(N(C)C(=O)c2ccccc2C=O)CC1)c1ccccc1. The van der Waals surface area contributed by atoms with Crippen LogP contribution >= 0.6 is 0 Å². The summed E-state index contributed by atoms with van der Waals surface area (Å²) in [5, 5.41) is 5.74. The number of para-hydroxylation sites is 1. The maximum absolute atomic E-state index is 13.1. The van der Waals surface area contributed by atoms with Gasteiger partial charge in [0.05, 0.1) is 11.3 Å². The van der Waals surface area contributed by atoms with E-state index in [-0.39, 0.29) is 23.8 Å². The summed E-state index contributed by atoms with van der Waals surface area (Å²) in [6, 6.07) is 16.3. The molecule has 30 heavy (non-hydrogen) atoms. The van der Waals surface area contributed by atoms with Crippen molar-refractivity contribution in [2.24, 2.45) is 11.0 Å². The fraction of sp³-hybridized carbons (Fsp3) is 0.333. The molecule has 2 aromatic carbocycles. The van der Waals surface area contributed by atoms with Gasteiger partial charge in [-0.3, -0.25) is 14.4 Å². The summed E-state index contributed by atoms with van der Waals surface area (Å²) in [5.74, 6) is -0.303. The molecular formula is C24H27N3O3. The Morgan fingerprint density at radius 2 is 1.60 bits per heavy atom. The highest BCUT2D eigenvalue weighted by Gasteiger charge is 2.33. The second-order valence-corrected chi connectivity index (χ2v) is 7.49. The lowest BCUT2D eigenvalue weighted by Gasteiger charge is -2.35. The smallest absolute Gasteiger partial charge is 0.254 e. The van der Waals surface area contributed by atoms with Gasteiger partial charge in [0.2, 0.25) is 5.91 Å². The van der Waals surface area contributed by atoms with Crippen LogP contribution in [0.25, 0.3) is 0 Å². The van der Waals surface area contributed by atoms with Crippen LogP contribution in [0.1, 0.15) is 53.3 Å². The van der Waals surface area contributed by atoms with E-state index in [1.54, 1.807) is 49.4 Å². The molecule has 0 N–H and O–H groups in total. The van der Waals surface area contributed by atoms with Gasteiger partial charge in [-0.1, -0.05) is 36.4 Å². The zero-order chi connectivity index (χ0) is 21.5. The van der Waals surface area contributed by atoms with Crippen molar-refractivity contribution in [2.45, 2.75) is 38.6 Å². The van der Waals surface area contributed by atoms with Gasteiger partial charge in [-0.2, -0.15) is 5.10 Å². The predicted octanol–water partition coefficient (Wildman–Crippen LogP) is 4.17. The Kier molecular flexibility index (Phi) is 7.12. The second-order valence-electron chi connectivity index (χ2n) is 7.49. The van der Waals surface area contributed by atoms with Crippen molar-refractivity contribution in [2.75, 3.05) is 12.1 Å². The Balaban J connectivity index is 1.65. The third-order valence-electron chi connectivity index (χ3n) is 5.67. The fourth-order valence-electron chi connectivity index (χ4n) is 3.97. The number of hydrogen-bond donors (Lipinski definition) is 0. The van der Waals surface area contributed by atoms with Crippen LogP contribution in [0.3, 0.4) is 0 Å². The largest absolute Gasteiger partial charge is 0.339 e. The Hall–Kier alpha value is -3.28. The first-order chi connectivity index (χ1) is 14.6. The molecule has 6 heteroatoms. The van der Waals surface area contributed by atoms with E-state index in [9.17, 15) is 14.4 Å². The Labute approximate surface area is 177 Å². The van der Waals surface area contributed by atoms with Gasteiger partial charge in [-0.25, -0.2) is 5.01 Å². The van der Waals surface area contributed by atoms with Crippen LogP contribution in [-0.4, -0.2) is 42.3 Å². The quantitative estimate of drug-likeness (QED) is 0.411. The molecule has 0 aromatic heterocycles. The molecule has 0 aliphatic heterocycles. The van der Waals surface area contributed by atoms with E-state index < -0.39 is 0 Å². The molecule has 1 aliphatic rings.